The van der Waals surface area contributed by atoms with Crippen molar-refractivity contribution in [3.05, 3.63) is 29.6 Å². The zero-order valence-electron chi connectivity index (χ0n) is 11.2. The van der Waals surface area contributed by atoms with E-state index in [1.165, 1.54) is 6.20 Å². The molecule has 0 aliphatic rings. The summed E-state index contributed by atoms with van der Waals surface area (Å²) in [6.45, 7) is 1.91. The van der Waals surface area contributed by atoms with Crippen molar-refractivity contribution in [2.75, 3.05) is 19.8 Å². The van der Waals surface area contributed by atoms with Crippen LogP contribution in [-0.4, -0.2) is 41.7 Å². The van der Waals surface area contributed by atoms with Gasteiger partial charge in [-0.05, 0) is 19.1 Å². The SMILES string of the molecule is CCOC(=O)CCNC(=O)c1ncccc1C#CCO. The highest BCUT2D eigenvalue weighted by atomic mass is 16.5. The van der Waals surface area contributed by atoms with E-state index in [0.717, 1.165) is 0 Å². The first kappa shape index (κ1) is 15.7. The van der Waals surface area contributed by atoms with Crippen LogP contribution in [0.1, 0.15) is 29.4 Å². The van der Waals surface area contributed by atoms with E-state index in [9.17, 15) is 9.59 Å². The molecule has 1 rings (SSSR count). The third-order valence-corrected chi connectivity index (χ3v) is 2.24. The molecule has 0 spiro atoms. The highest BCUT2D eigenvalue weighted by Crippen LogP contribution is 2.03. The summed E-state index contributed by atoms with van der Waals surface area (Å²) in [6, 6.07) is 3.28. The molecule has 0 aliphatic carbocycles. The summed E-state index contributed by atoms with van der Waals surface area (Å²) >= 11 is 0. The molecule has 2 N–H and O–H groups in total. The standard InChI is InChI=1S/C14H16N2O4/c1-2-20-12(18)7-9-16-14(19)13-11(6-4-10-17)5-3-8-15-13/h3,5,8,17H,2,7,9-10H2,1H3,(H,16,19). The summed E-state index contributed by atoms with van der Waals surface area (Å²) in [7, 11) is 0. The Labute approximate surface area is 117 Å². The maximum absolute atomic E-state index is 11.9. The van der Waals surface area contributed by atoms with Crippen LogP contribution in [0, 0.1) is 11.8 Å². The lowest BCUT2D eigenvalue weighted by molar-refractivity contribution is -0.142. The van der Waals surface area contributed by atoms with Crippen LogP contribution >= 0.6 is 0 Å². The van der Waals surface area contributed by atoms with E-state index >= 15 is 0 Å². The Morgan fingerprint density at radius 2 is 2.30 bits per heavy atom. The average molecular weight is 276 g/mol. The van der Waals surface area contributed by atoms with Gasteiger partial charge in [0, 0.05) is 12.7 Å². The number of carbonyl (C=O) groups excluding carboxylic acids is 2. The number of nitrogens with one attached hydrogen (secondary N) is 1. The number of amides is 1. The first-order chi connectivity index (χ1) is 9.69. The number of nitrogens with zero attached hydrogens (tertiary/aromatic N) is 1. The molecule has 6 nitrogen and oxygen atoms in total. The fourth-order valence-corrected chi connectivity index (χ4v) is 1.42. The molecule has 0 bridgehead atoms. The maximum Gasteiger partial charge on any atom is 0.307 e. The molecule has 0 fully saturated rings. The van der Waals surface area contributed by atoms with Gasteiger partial charge in [0.05, 0.1) is 18.6 Å². The van der Waals surface area contributed by atoms with E-state index in [-0.39, 0.29) is 31.2 Å². The lowest BCUT2D eigenvalue weighted by Crippen LogP contribution is -2.28. The highest BCUT2D eigenvalue weighted by Gasteiger charge is 2.11. The Bertz CT molecular complexity index is 531. The first-order valence-electron chi connectivity index (χ1n) is 6.17. The second kappa shape index (κ2) is 8.67. The van der Waals surface area contributed by atoms with Gasteiger partial charge in [0.1, 0.15) is 12.3 Å². The molecule has 106 valence electrons. The van der Waals surface area contributed by atoms with Crippen molar-refractivity contribution in [2.24, 2.45) is 0 Å². The van der Waals surface area contributed by atoms with Gasteiger partial charge in [-0.3, -0.25) is 9.59 Å². The molecule has 0 unspecified atom stereocenters. The van der Waals surface area contributed by atoms with Crippen LogP contribution in [0.5, 0.6) is 0 Å². The van der Waals surface area contributed by atoms with Crippen LogP contribution in [0.2, 0.25) is 0 Å². The quantitative estimate of drug-likeness (QED) is 0.588. The minimum Gasteiger partial charge on any atom is -0.466 e. The summed E-state index contributed by atoms with van der Waals surface area (Å²) in [5.41, 5.74) is 0.590. The number of ether oxygens (including phenoxy) is 1. The first-order valence-corrected chi connectivity index (χ1v) is 6.17. The predicted molar refractivity (Wildman–Crippen MR) is 71.8 cm³/mol. The highest BCUT2D eigenvalue weighted by molar-refractivity contribution is 5.94. The summed E-state index contributed by atoms with van der Waals surface area (Å²) < 4.78 is 4.75. The number of aromatic nitrogens is 1. The number of rotatable bonds is 5. The third kappa shape index (κ3) is 5.08. The molecule has 1 heterocycles. The van der Waals surface area contributed by atoms with Gasteiger partial charge >= 0.3 is 5.97 Å². The lowest BCUT2D eigenvalue weighted by atomic mass is 10.2. The van der Waals surface area contributed by atoms with Crippen molar-refractivity contribution in [3.63, 3.8) is 0 Å². The van der Waals surface area contributed by atoms with E-state index in [0.29, 0.717) is 12.2 Å². The fraction of sp³-hybridized carbons (Fsp3) is 0.357. The molecule has 1 aromatic heterocycles. The van der Waals surface area contributed by atoms with E-state index in [2.05, 4.69) is 22.1 Å². The smallest absolute Gasteiger partial charge is 0.307 e. The van der Waals surface area contributed by atoms with Crippen molar-refractivity contribution in [1.29, 1.82) is 0 Å². The number of pyridine rings is 1. The number of esters is 1. The van der Waals surface area contributed by atoms with Crippen LogP contribution in [0.4, 0.5) is 0 Å². The molecular formula is C14H16N2O4. The van der Waals surface area contributed by atoms with Crippen LogP contribution in [-0.2, 0) is 9.53 Å². The molecule has 0 aliphatic heterocycles. The molecule has 20 heavy (non-hydrogen) atoms. The van der Waals surface area contributed by atoms with Crippen molar-refractivity contribution in [2.45, 2.75) is 13.3 Å². The van der Waals surface area contributed by atoms with Crippen LogP contribution < -0.4 is 5.32 Å². The molecule has 0 saturated carbocycles. The van der Waals surface area contributed by atoms with Gasteiger partial charge in [0.2, 0.25) is 0 Å². The maximum atomic E-state index is 11.9. The number of carbonyl (C=O) groups is 2. The van der Waals surface area contributed by atoms with E-state index in [1.54, 1.807) is 19.1 Å². The van der Waals surface area contributed by atoms with Gasteiger partial charge in [-0.2, -0.15) is 0 Å². The van der Waals surface area contributed by atoms with Crippen molar-refractivity contribution in [1.82, 2.24) is 10.3 Å². The minimum absolute atomic E-state index is 0.101. The molecule has 1 aromatic rings. The van der Waals surface area contributed by atoms with Crippen molar-refractivity contribution in [3.8, 4) is 11.8 Å². The van der Waals surface area contributed by atoms with Gasteiger partial charge in [-0.25, -0.2) is 4.98 Å². The Hall–Kier alpha value is -2.39. The fourth-order valence-electron chi connectivity index (χ4n) is 1.42. The number of hydrogen-bond acceptors (Lipinski definition) is 5. The Balaban J connectivity index is 2.61. The van der Waals surface area contributed by atoms with Gasteiger partial charge in [-0.1, -0.05) is 11.8 Å². The van der Waals surface area contributed by atoms with Gasteiger partial charge in [0.15, 0.2) is 0 Å². The van der Waals surface area contributed by atoms with E-state index < -0.39 is 5.91 Å². The largest absolute Gasteiger partial charge is 0.466 e. The zero-order valence-corrected chi connectivity index (χ0v) is 11.2. The summed E-state index contributed by atoms with van der Waals surface area (Å²) in [6.07, 6.45) is 1.58. The summed E-state index contributed by atoms with van der Waals surface area (Å²) in [4.78, 5) is 27.0. The average Bonchev–Trinajstić information content (AvgIpc) is 2.45. The van der Waals surface area contributed by atoms with Gasteiger partial charge < -0.3 is 15.2 Å². The van der Waals surface area contributed by atoms with Crippen molar-refractivity contribution >= 4 is 11.9 Å². The van der Waals surface area contributed by atoms with E-state index in [1.807, 2.05) is 0 Å². The van der Waals surface area contributed by atoms with Crippen molar-refractivity contribution < 1.29 is 19.4 Å². The molecule has 6 heteroatoms. The van der Waals surface area contributed by atoms with Gasteiger partial charge in [-0.15, -0.1) is 0 Å². The second-order valence-electron chi connectivity index (χ2n) is 3.67. The van der Waals surface area contributed by atoms with Crippen LogP contribution in [0.25, 0.3) is 0 Å². The number of aliphatic hydroxyl groups is 1. The van der Waals surface area contributed by atoms with E-state index in [4.69, 9.17) is 9.84 Å². The Kier molecular flexibility index (Phi) is 6.79. The van der Waals surface area contributed by atoms with Crippen LogP contribution in [0.3, 0.4) is 0 Å². The molecule has 0 atom stereocenters. The minimum atomic E-state index is -0.419. The zero-order chi connectivity index (χ0) is 14.8. The molecule has 0 radical (unpaired) electrons. The topological polar surface area (TPSA) is 88.5 Å². The second-order valence-corrected chi connectivity index (χ2v) is 3.67. The summed E-state index contributed by atoms with van der Waals surface area (Å²) in [5.74, 6) is 4.32. The monoisotopic (exact) mass is 276 g/mol. The molecule has 0 saturated heterocycles. The third-order valence-electron chi connectivity index (χ3n) is 2.24. The Morgan fingerprint density at radius 3 is 3.00 bits per heavy atom. The summed E-state index contributed by atoms with van der Waals surface area (Å²) in [5, 5.41) is 11.2. The van der Waals surface area contributed by atoms with Crippen LogP contribution in [0.15, 0.2) is 18.3 Å². The van der Waals surface area contributed by atoms with Gasteiger partial charge in [0.25, 0.3) is 5.91 Å². The molecule has 0 aromatic carbocycles. The number of aliphatic hydroxyl groups excluding tert-OH is 1. The molecular weight excluding hydrogens is 260 g/mol. The Morgan fingerprint density at radius 1 is 1.50 bits per heavy atom. The number of hydrogen-bond donors (Lipinski definition) is 2. The predicted octanol–water partition coefficient (Wildman–Crippen LogP) is 0.108. The normalized spacial score (nSPS) is 9.30. The molecule has 1 amide bonds. The lowest BCUT2D eigenvalue weighted by Gasteiger charge is -2.06.